The van der Waals surface area contributed by atoms with Gasteiger partial charge in [0.2, 0.25) is 0 Å². The summed E-state index contributed by atoms with van der Waals surface area (Å²) in [6.45, 7) is 5.46. The van der Waals surface area contributed by atoms with Gasteiger partial charge < -0.3 is 5.32 Å². The molecule has 1 N–H and O–H groups in total. The van der Waals surface area contributed by atoms with Crippen molar-refractivity contribution in [3.05, 3.63) is 18.0 Å². The van der Waals surface area contributed by atoms with E-state index in [9.17, 15) is 0 Å². The minimum Gasteiger partial charge on any atom is -0.313 e. The maximum absolute atomic E-state index is 4.40. The molecule has 0 aliphatic carbocycles. The number of hydrogen-bond acceptors (Lipinski definition) is 2. The fourth-order valence-corrected chi connectivity index (χ4v) is 2.16. The maximum atomic E-state index is 4.40. The summed E-state index contributed by atoms with van der Waals surface area (Å²) in [5.74, 6) is 0. The molecular weight excluding hydrogens is 210 g/mol. The van der Waals surface area contributed by atoms with Gasteiger partial charge in [-0.2, -0.15) is 5.10 Å². The van der Waals surface area contributed by atoms with Crippen LogP contribution >= 0.6 is 0 Å². The Morgan fingerprint density at radius 1 is 1.24 bits per heavy atom. The molecular formula is C14H27N3. The lowest BCUT2D eigenvalue weighted by molar-refractivity contribution is 0.504. The number of unbranched alkanes of at least 4 members (excludes halogenated alkanes) is 3. The molecule has 0 saturated carbocycles. The highest BCUT2D eigenvalue weighted by Gasteiger charge is 2.10. The van der Waals surface area contributed by atoms with Crippen LogP contribution in [-0.4, -0.2) is 16.8 Å². The summed E-state index contributed by atoms with van der Waals surface area (Å²) in [5, 5.41) is 7.79. The van der Waals surface area contributed by atoms with E-state index in [0.29, 0.717) is 6.04 Å². The van der Waals surface area contributed by atoms with Crippen LogP contribution in [0, 0.1) is 0 Å². The number of nitrogens with one attached hydrogen (secondary N) is 1. The van der Waals surface area contributed by atoms with Crippen LogP contribution in [-0.2, 0) is 6.54 Å². The second-order valence-corrected chi connectivity index (χ2v) is 4.73. The second kappa shape index (κ2) is 8.29. The highest BCUT2D eigenvalue weighted by atomic mass is 15.3. The minimum atomic E-state index is 0.470. The van der Waals surface area contributed by atoms with Crippen molar-refractivity contribution in [2.75, 3.05) is 7.05 Å². The Morgan fingerprint density at radius 3 is 2.71 bits per heavy atom. The number of hydrogen-bond donors (Lipinski definition) is 1. The quantitative estimate of drug-likeness (QED) is 0.666. The first kappa shape index (κ1) is 14.2. The average Bonchev–Trinajstić information content (AvgIpc) is 2.78. The summed E-state index contributed by atoms with van der Waals surface area (Å²) in [6.07, 6.45) is 11.9. The highest BCUT2D eigenvalue weighted by molar-refractivity contribution is 5.10. The second-order valence-electron chi connectivity index (χ2n) is 4.73. The first-order valence-electron chi connectivity index (χ1n) is 7.01. The number of aromatic nitrogens is 2. The molecule has 17 heavy (non-hydrogen) atoms. The van der Waals surface area contributed by atoms with Gasteiger partial charge >= 0.3 is 0 Å². The Bertz CT molecular complexity index is 293. The molecule has 1 aromatic heterocycles. The molecule has 0 saturated heterocycles. The van der Waals surface area contributed by atoms with Crippen molar-refractivity contribution in [2.24, 2.45) is 0 Å². The molecule has 0 radical (unpaired) electrons. The Labute approximate surface area is 106 Å². The molecule has 0 aliphatic rings. The summed E-state index contributed by atoms with van der Waals surface area (Å²) in [6, 6.07) is 0.470. The molecule has 1 rings (SSSR count). The number of aryl methyl sites for hydroxylation is 1. The van der Waals surface area contributed by atoms with E-state index in [4.69, 9.17) is 0 Å². The van der Waals surface area contributed by atoms with Gasteiger partial charge in [-0.1, -0.05) is 39.5 Å². The third-order valence-electron chi connectivity index (χ3n) is 3.20. The van der Waals surface area contributed by atoms with Gasteiger partial charge in [0.05, 0.1) is 6.20 Å². The lowest BCUT2D eigenvalue weighted by Gasteiger charge is -2.13. The largest absolute Gasteiger partial charge is 0.313 e. The zero-order chi connectivity index (χ0) is 12.5. The van der Waals surface area contributed by atoms with Gasteiger partial charge in [-0.3, -0.25) is 4.68 Å². The molecule has 0 aliphatic heterocycles. The van der Waals surface area contributed by atoms with E-state index < -0.39 is 0 Å². The van der Waals surface area contributed by atoms with Crippen molar-refractivity contribution < 1.29 is 0 Å². The summed E-state index contributed by atoms with van der Waals surface area (Å²) in [7, 11) is 2.04. The van der Waals surface area contributed by atoms with E-state index in [1.165, 1.54) is 37.7 Å². The normalized spacial score (nSPS) is 12.9. The molecule has 0 spiro atoms. The van der Waals surface area contributed by atoms with Crippen LogP contribution in [0.15, 0.2) is 12.4 Å². The van der Waals surface area contributed by atoms with Crippen molar-refractivity contribution in [3.63, 3.8) is 0 Å². The Kier molecular flexibility index (Phi) is 6.94. The lowest BCUT2D eigenvalue weighted by atomic mass is 10.0. The van der Waals surface area contributed by atoms with Gasteiger partial charge in [0.25, 0.3) is 0 Å². The molecule has 3 nitrogen and oxygen atoms in total. The first-order chi connectivity index (χ1) is 8.31. The molecule has 1 atom stereocenters. The third kappa shape index (κ3) is 4.90. The standard InChI is InChI=1S/C14H27N3/c1-4-6-7-8-9-14(15-3)13-11-16-17(12-13)10-5-2/h11-12,14-15H,4-10H2,1-3H3. The SMILES string of the molecule is CCCCCCC(NC)c1cnn(CCC)c1. The summed E-state index contributed by atoms with van der Waals surface area (Å²) in [4.78, 5) is 0. The number of rotatable bonds is 9. The molecule has 3 heteroatoms. The van der Waals surface area contributed by atoms with Gasteiger partial charge in [-0.05, 0) is 19.9 Å². The van der Waals surface area contributed by atoms with E-state index in [1.54, 1.807) is 0 Å². The van der Waals surface area contributed by atoms with Crippen LogP contribution in [0.4, 0.5) is 0 Å². The monoisotopic (exact) mass is 237 g/mol. The van der Waals surface area contributed by atoms with E-state index in [2.05, 4.69) is 30.5 Å². The topological polar surface area (TPSA) is 29.9 Å². The highest BCUT2D eigenvalue weighted by Crippen LogP contribution is 2.19. The summed E-state index contributed by atoms with van der Waals surface area (Å²) >= 11 is 0. The first-order valence-corrected chi connectivity index (χ1v) is 7.01. The van der Waals surface area contributed by atoms with Crippen LogP contribution in [0.1, 0.15) is 64.0 Å². The fourth-order valence-electron chi connectivity index (χ4n) is 2.16. The molecule has 1 aromatic rings. The average molecular weight is 237 g/mol. The zero-order valence-electron chi connectivity index (χ0n) is 11.6. The molecule has 1 unspecified atom stereocenters. The van der Waals surface area contributed by atoms with E-state index >= 15 is 0 Å². The zero-order valence-corrected chi connectivity index (χ0v) is 11.6. The van der Waals surface area contributed by atoms with Gasteiger partial charge in [0.1, 0.15) is 0 Å². The van der Waals surface area contributed by atoms with E-state index in [-0.39, 0.29) is 0 Å². The van der Waals surface area contributed by atoms with Crippen molar-refractivity contribution >= 4 is 0 Å². The Morgan fingerprint density at radius 2 is 2.06 bits per heavy atom. The predicted octanol–water partition coefficient (Wildman–Crippen LogP) is 3.52. The predicted molar refractivity (Wildman–Crippen MR) is 73.1 cm³/mol. The number of nitrogens with zero attached hydrogens (tertiary/aromatic N) is 2. The van der Waals surface area contributed by atoms with E-state index in [1.807, 2.05) is 17.9 Å². The van der Waals surface area contributed by atoms with Crippen LogP contribution in [0.5, 0.6) is 0 Å². The van der Waals surface area contributed by atoms with Gasteiger partial charge in [-0.25, -0.2) is 0 Å². The summed E-state index contributed by atoms with van der Waals surface area (Å²) in [5.41, 5.74) is 1.33. The van der Waals surface area contributed by atoms with Crippen molar-refractivity contribution in [2.45, 2.75) is 65.0 Å². The van der Waals surface area contributed by atoms with Gasteiger partial charge in [-0.15, -0.1) is 0 Å². The van der Waals surface area contributed by atoms with Crippen LogP contribution < -0.4 is 5.32 Å². The third-order valence-corrected chi connectivity index (χ3v) is 3.20. The van der Waals surface area contributed by atoms with Crippen molar-refractivity contribution in [3.8, 4) is 0 Å². The van der Waals surface area contributed by atoms with Crippen LogP contribution in [0.3, 0.4) is 0 Å². The smallest absolute Gasteiger partial charge is 0.0537 e. The van der Waals surface area contributed by atoms with Crippen molar-refractivity contribution in [1.82, 2.24) is 15.1 Å². The molecule has 1 heterocycles. The summed E-state index contributed by atoms with van der Waals surface area (Å²) < 4.78 is 2.05. The Hall–Kier alpha value is -0.830. The fraction of sp³-hybridized carbons (Fsp3) is 0.786. The van der Waals surface area contributed by atoms with Crippen LogP contribution in [0.2, 0.25) is 0 Å². The van der Waals surface area contributed by atoms with Crippen molar-refractivity contribution in [1.29, 1.82) is 0 Å². The Balaban J connectivity index is 2.42. The van der Waals surface area contributed by atoms with Crippen LogP contribution in [0.25, 0.3) is 0 Å². The molecule has 98 valence electrons. The van der Waals surface area contributed by atoms with Gasteiger partial charge in [0.15, 0.2) is 0 Å². The molecule has 0 amide bonds. The van der Waals surface area contributed by atoms with Gasteiger partial charge in [0, 0.05) is 24.3 Å². The minimum absolute atomic E-state index is 0.470. The maximum Gasteiger partial charge on any atom is 0.0537 e. The van der Waals surface area contributed by atoms with E-state index in [0.717, 1.165) is 13.0 Å². The molecule has 0 aromatic carbocycles. The lowest BCUT2D eigenvalue weighted by Crippen LogP contribution is -2.15. The molecule has 0 bridgehead atoms. The molecule has 0 fully saturated rings.